The van der Waals surface area contributed by atoms with E-state index in [1.54, 1.807) is 0 Å². The second kappa shape index (κ2) is 4.56. The topological polar surface area (TPSA) is 9.23 Å². The van der Waals surface area contributed by atoms with Crippen LogP contribution < -0.4 is 0 Å². The number of ether oxygens (including phenoxy) is 1. The van der Waals surface area contributed by atoms with Gasteiger partial charge in [0.25, 0.3) is 0 Å². The van der Waals surface area contributed by atoms with Crippen LogP contribution in [-0.4, -0.2) is 0 Å². The predicted octanol–water partition coefficient (Wildman–Crippen LogP) is 3.97. The van der Waals surface area contributed by atoms with Crippen molar-refractivity contribution in [2.45, 2.75) is 12.7 Å². The van der Waals surface area contributed by atoms with Crippen LogP contribution in [0.25, 0.3) is 6.08 Å². The van der Waals surface area contributed by atoms with Gasteiger partial charge >= 0.3 is 0 Å². The highest BCUT2D eigenvalue weighted by molar-refractivity contribution is 5.51. The Hall–Kier alpha value is -1.86. The fraction of sp³-hybridized carbons (Fsp3) is 0.125. The highest BCUT2D eigenvalue weighted by Gasteiger charge is 2.19. The van der Waals surface area contributed by atoms with Gasteiger partial charge in [0.2, 0.25) is 0 Å². The van der Waals surface area contributed by atoms with E-state index in [9.17, 15) is 0 Å². The molecule has 1 unspecified atom stereocenters. The van der Waals surface area contributed by atoms with E-state index in [1.807, 2.05) is 18.2 Å². The minimum Gasteiger partial charge on any atom is -0.365 e. The molecule has 1 aliphatic rings. The zero-order valence-corrected chi connectivity index (χ0v) is 9.54. The molecule has 1 heterocycles. The Morgan fingerprint density at radius 3 is 2.59 bits per heavy atom. The second-order valence-corrected chi connectivity index (χ2v) is 4.20. The molecule has 0 aromatic heterocycles. The van der Waals surface area contributed by atoms with Crippen molar-refractivity contribution >= 4 is 6.08 Å². The van der Waals surface area contributed by atoms with Gasteiger partial charge in [0.1, 0.15) is 6.10 Å². The van der Waals surface area contributed by atoms with Crippen LogP contribution in [0, 0.1) is 0 Å². The molecule has 0 fully saturated rings. The molecule has 1 nitrogen and oxygen atoms in total. The molecule has 0 bridgehead atoms. The van der Waals surface area contributed by atoms with E-state index in [2.05, 4.69) is 48.6 Å². The Bertz CT molecular complexity index is 528. The van der Waals surface area contributed by atoms with Crippen molar-refractivity contribution in [3.63, 3.8) is 0 Å². The molecule has 2 aromatic rings. The first kappa shape index (κ1) is 10.3. The lowest BCUT2D eigenvalue weighted by Crippen LogP contribution is -1.89. The van der Waals surface area contributed by atoms with Crippen molar-refractivity contribution in [2.75, 3.05) is 0 Å². The van der Waals surface area contributed by atoms with Crippen LogP contribution in [0.2, 0.25) is 0 Å². The van der Waals surface area contributed by atoms with Crippen molar-refractivity contribution in [1.29, 1.82) is 0 Å². The lowest BCUT2D eigenvalue weighted by atomic mass is 10.0. The third-order valence-corrected chi connectivity index (χ3v) is 3.04. The molecule has 2 aromatic carbocycles. The van der Waals surface area contributed by atoms with Crippen LogP contribution in [-0.2, 0) is 11.3 Å². The van der Waals surface area contributed by atoms with E-state index >= 15 is 0 Å². The summed E-state index contributed by atoms with van der Waals surface area (Å²) in [5.74, 6) is 0. The zero-order chi connectivity index (χ0) is 11.5. The summed E-state index contributed by atoms with van der Waals surface area (Å²) in [5, 5.41) is 0. The molecule has 0 saturated heterocycles. The maximum Gasteiger partial charge on any atom is 0.102 e. The van der Waals surface area contributed by atoms with Gasteiger partial charge in [-0.05, 0) is 16.7 Å². The lowest BCUT2D eigenvalue weighted by Gasteiger charge is -2.04. The molecule has 0 amide bonds. The number of hydrogen-bond donors (Lipinski definition) is 0. The first-order valence-electron chi connectivity index (χ1n) is 5.86. The van der Waals surface area contributed by atoms with Crippen molar-refractivity contribution in [3.8, 4) is 0 Å². The zero-order valence-electron chi connectivity index (χ0n) is 9.54. The van der Waals surface area contributed by atoms with Gasteiger partial charge in [-0.3, -0.25) is 0 Å². The van der Waals surface area contributed by atoms with Crippen LogP contribution in [0.5, 0.6) is 0 Å². The van der Waals surface area contributed by atoms with Crippen LogP contribution in [0.1, 0.15) is 22.8 Å². The van der Waals surface area contributed by atoms with E-state index < -0.39 is 0 Å². The largest absolute Gasteiger partial charge is 0.365 e. The van der Waals surface area contributed by atoms with E-state index in [0.29, 0.717) is 0 Å². The van der Waals surface area contributed by atoms with Crippen molar-refractivity contribution in [3.05, 3.63) is 77.4 Å². The lowest BCUT2D eigenvalue weighted by molar-refractivity contribution is 0.0996. The number of rotatable bonds is 2. The average molecular weight is 222 g/mol. The summed E-state index contributed by atoms with van der Waals surface area (Å²) in [5.41, 5.74) is 3.80. The Kier molecular flexibility index (Phi) is 2.76. The second-order valence-electron chi connectivity index (χ2n) is 4.20. The van der Waals surface area contributed by atoms with Crippen molar-refractivity contribution in [1.82, 2.24) is 0 Å². The Morgan fingerprint density at radius 1 is 0.941 bits per heavy atom. The van der Waals surface area contributed by atoms with Crippen LogP contribution >= 0.6 is 0 Å². The highest BCUT2D eigenvalue weighted by Crippen LogP contribution is 2.31. The van der Waals surface area contributed by atoms with Gasteiger partial charge in [0, 0.05) is 0 Å². The highest BCUT2D eigenvalue weighted by atomic mass is 16.5. The summed E-state index contributed by atoms with van der Waals surface area (Å²) < 4.78 is 5.76. The Labute approximate surface area is 101 Å². The van der Waals surface area contributed by atoms with Crippen LogP contribution in [0.15, 0.2) is 60.7 Å². The molecular weight excluding hydrogens is 208 g/mol. The van der Waals surface area contributed by atoms with Gasteiger partial charge in [-0.2, -0.15) is 0 Å². The quantitative estimate of drug-likeness (QED) is 0.747. The summed E-state index contributed by atoms with van der Waals surface area (Å²) in [7, 11) is 0. The Balaban J connectivity index is 1.82. The summed E-state index contributed by atoms with van der Waals surface area (Å²) >= 11 is 0. The average Bonchev–Trinajstić information content (AvgIpc) is 2.81. The molecule has 0 N–H and O–H groups in total. The standard InChI is InChI=1S/C16H14O/c1-2-6-13(7-3-1)10-11-16-15-9-5-4-8-14(15)12-17-16/h1-11,16H,12H2/b11-10+. The van der Waals surface area contributed by atoms with Crippen molar-refractivity contribution < 1.29 is 4.74 Å². The van der Waals surface area contributed by atoms with Crippen LogP contribution in [0.3, 0.4) is 0 Å². The number of hydrogen-bond acceptors (Lipinski definition) is 1. The molecule has 84 valence electrons. The normalized spacial score (nSPS) is 18.5. The molecule has 0 saturated carbocycles. The molecule has 0 radical (unpaired) electrons. The molecule has 1 atom stereocenters. The molecule has 0 aliphatic carbocycles. The van der Waals surface area contributed by atoms with E-state index in [1.165, 1.54) is 16.7 Å². The fourth-order valence-corrected chi connectivity index (χ4v) is 2.13. The molecule has 1 heteroatoms. The van der Waals surface area contributed by atoms with Gasteiger partial charge in [0.05, 0.1) is 6.61 Å². The minimum atomic E-state index is 0.103. The number of benzene rings is 2. The monoisotopic (exact) mass is 222 g/mol. The summed E-state index contributed by atoms with van der Waals surface area (Å²) in [6.45, 7) is 0.722. The molecule has 1 aliphatic heterocycles. The molecule has 3 rings (SSSR count). The van der Waals surface area contributed by atoms with Gasteiger partial charge in [-0.25, -0.2) is 0 Å². The summed E-state index contributed by atoms with van der Waals surface area (Å²) in [6.07, 6.45) is 4.35. The SMILES string of the molecule is C(=C\C1OCc2ccccc21)/c1ccccc1. The molecule has 17 heavy (non-hydrogen) atoms. The van der Waals surface area contributed by atoms with Crippen LogP contribution in [0.4, 0.5) is 0 Å². The maximum atomic E-state index is 5.76. The number of fused-ring (bicyclic) bond motifs is 1. The summed E-state index contributed by atoms with van der Waals surface area (Å²) in [4.78, 5) is 0. The van der Waals surface area contributed by atoms with E-state index in [-0.39, 0.29) is 6.10 Å². The summed E-state index contributed by atoms with van der Waals surface area (Å²) in [6, 6.07) is 18.7. The van der Waals surface area contributed by atoms with Crippen molar-refractivity contribution in [2.24, 2.45) is 0 Å². The third kappa shape index (κ3) is 2.15. The molecular formula is C16H14O. The predicted molar refractivity (Wildman–Crippen MR) is 69.4 cm³/mol. The smallest absolute Gasteiger partial charge is 0.102 e. The van der Waals surface area contributed by atoms with Gasteiger partial charge in [-0.15, -0.1) is 0 Å². The van der Waals surface area contributed by atoms with Gasteiger partial charge in [0.15, 0.2) is 0 Å². The first-order chi connectivity index (χ1) is 8.43. The van der Waals surface area contributed by atoms with E-state index in [4.69, 9.17) is 4.74 Å². The van der Waals surface area contributed by atoms with E-state index in [0.717, 1.165) is 6.61 Å². The fourth-order valence-electron chi connectivity index (χ4n) is 2.13. The maximum absolute atomic E-state index is 5.76. The third-order valence-electron chi connectivity index (χ3n) is 3.04. The minimum absolute atomic E-state index is 0.103. The van der Waals surface area contributed by atoms with Gasteiger partial charge < -0.3 is 4.74 Å². The molecule has 0 spiro atoms. The first-order valence-corrected chi connectivity index (χ1v) is 5.86. The Morgan fingerprint density at radius 2 is 1.71 bits per heavy atom. The van der Waals surface area contributed by atoms with Gasteiger partial charge in [-0.1, -0.05) is 66.7 Å².